The van der Waals surface area contributed by atoms with Gasteiger partial charge in [-0.2, -0.15) is 5.26 Å². The van der Waals surface area contributed by atoms with Crippen LogP contribution in [0.5, 0.6) is 0 Å². The van der Waals surface area contributed by atoms with Crippen LogP contribution in [0.3, 0.4) is 0 Å². The Morgan fingerprint density at radius 3 is 2.85 bits per heavy atom. The van der Waals surface area contributed by atoms with E-state index in [9.17, 15) is 4.79 Å². The minimum atomic E-state index is -0.303. The Morgan fingerprint density at radius 2 is 2.08 bits per heavy atom. The van der Waals surface area contributed by atoms with Crippen LogP contribution in [0.4, 0.5) is 10.5 Å². The second-order valence-corrected chi connectivity index (χ2v) is 6.00. The number of nitriles is 1. The summed E-state index contributed by atoms with van der Waals surface area (Å²) in [5, 5.41) is 14.6. The van der Waals surface area contributed by atoms with Crippen LogP contribution in [0.15, 0.2) is 61.2 Å². The summed E-state index contributed by atoms with van der Waals surface area (Å²) in [4.78, 5) is 16.2. The molecule has 0 spiro atoms. The van der Waals surface area contributed by atoms with Crippen molar-refractivity contribution in [2.75, 3.05) is 5.32 Å². The molecular formula is C20H19N5O. The van der Waals surface area contributed by atoms with Crippen LogP contribution in [0.2, 0.25) is 0 Å². The summed E-state index contributed by atoms with van der Waals surface area (Å²) in [7, 11) is 0. The van der Waals surface area contributed by atoms with Gasteiger partial charge in [0.25, 0.3) is 0 Å². The molecule has 2 aromatic carbocycles. The molecule has 0 saturated carbocycles. The van der Waals surface area contributed by atoms with Gasteiger partial charge in [-0.1, -0.05) is 30.3 Å². The van der Waals surface area contributed by atoms with E-state index in [1.165, 1.54) is 0 Å². The van der Waals surface area contributed by atoms with Gasteiger partial charge >= 0.3 is 6.03 Å². The zero-order valence-corrected chi connectivity index (χ0v) is 14.4. The predicted octanol–water partition coefficient (Wildman–Crippen LogP) is 3.43. The number of rotatable bonds is 5. The number of imidazole rings is 1. The molecule has 0 atom stereocenters. The molecule has 0 aliphatic heterocycles. The van der Waals surface area contributed by atoms with E-state index in [2.05, 4.69) is 27.8 Å². The molecule has 130 valence electrons. The summed E-state index contributed by atoms with van der Waals surface area (Å²) in [5.74, 6) is 0. The fourth-order valence-corrected chi connectivity index (χ4v) is 2.60. The first-order valence-electron chi connectivity index (χ1n) is 8.23. The minimum Gasteiger partial charge on any atom is -0.334 e. The molecule has 6 heteroatoms. The summed E-state index contributed by atoms with van der Waals surface area (Å²) in [6.45, 7) is 3.04. The molecule has 0 aliphatic rings. The summed E-state index contributed by atoms with van der Waals surface area (Å²) in [5.41, 5.74) is 4.20. The zero-order valence-electron chi connectivity index (χ0n) is 14.4. The van der Waals surface area contributed by atoms with Crippen LogP contribution in [-0.4, -0.2) is 15.6 Å². The molecule has 6 nitrogen and oxygen atoms in total. The number of aromatic nitrogens is 2. The number of anilines is 1. The lowest BCUT2D eigenvalue weighted by molar-refractivity contribution is 0.251. The minimum absolute atomic E-state index is 0.303. The van der Waals surface area contributed by atoms with Crippen molar-refractivity contribution in [2.45, 2.75) is 20.0 Å². The Hall–Kier alpha value is -3.59. The van der Waals surface area contributed by atoms with Gasteiger partial charge in [0.05, 0.1) is 18.0 Å². The molecule has 2 N–H and O–H groups in total. The number of urea groups is 1. The highest BCUT2D eigenvalue weighted by Crippen LogP contribution is 2.16. The maximum absolute atomic E-state index is 12.2. The average molecular weight is 345 g/mol. The number of aryl methyl sites for hydroxylation is 1. The molecule has 3 aromatic rings. The topological polar surface area (TPSA) is 82.7 Å². The average Bonchev–Trinajstić information content (AvgIpc) is 3.15. The van der Waals surface area contributed by atoms with E-state index in [0.717, 1.165) is 23.2 Å². The SMILES string of the molecule is Cc1ccc(C#N)cc1NC(=O)NCc1cccc(Cn2ccnc2)c1. The van der Waals surface area contributed by atoms with Crippen LogP contribution >= 0.6 is 0 Å². The number of benzene rings is 2. The standard InChI is InChI=1S/C20H19N5O/c1-15-5-6-16(11-21)10-19(15)24-20(26)23-12-17-3-2-4-18(9-17)13-25-8-7-22-14-25/h2-10,14H,12-13H2,1H3,(H2,23,24,26). The Bertz CT molecular complexity index is 941. The van der Waals surface area contributed by atoms with Gasteiger partial charge in [-0.25, -0.2) is 9.78 Å². The van der Waals surface area contributed by atoms with E-state index < -0.39 is 0 Å². The van der Waals surface area contributed by atoms with Crippen molar-refractivity contribution in [2.24, 2.45) is 0 Å². The lowest BCUT2D eigenvalue weighted by atomic mass is 10.1. The summed E-state index contributed by atoms with van der Waals surface area (Å²) in [6, 6.07) is 15.0. The molecule has 0 unspecified atom stereocenters. The van der Waals surface area contributed by atoms with Gasteiger partial charge < -0.3 is 15.2 Å². The Balaban J connectivity index is 1.59. The number of carbonyl (C=O) groups excluding carboxylic acids is 1. The van der Waals surface area contributed by atoms with Crippen molar-refractivity contribution in [1.82, 2.24) is 14.9 Å². The van der Waals surface area contributed by atoms with E-state index in [1.54, 1.807) is 24.7 Å². The van der Waals surface area contributed by atoms with Gasteiger partial charge in [-0.3, -0.25) is 0 Å². The van der Waals surface area contributed by atoms with Gasteiger partial charge in [-0.15, -0.1) is 0 Å². The van der Waals surface area contributed by atoms with Crippen LogP contribution in [-0.2, 0) is 13.1 Å². The van der Waals surface area contributed by atoms with Crippen LogP contribution in [0.25, 0.3) is 0 Å². The molecule has 0 fully saturated rings. The molecule has 2 amide bonds. The largest absolute Gasteiger partial charge is 0.334 e. The fourth-order valence-electron chi connectivity index (χ4n) is 2.60. The van der Waals surface area contributed by atoms with Crippen molar-refractivity contribution >= 4 is 11.7 Å². The van der Waals surface area contributed by atoms with Crippen molar-refractivity contribution < 1.29 is 4.79 Å². The highest BCUT2D eigenvalue weighted by atomic mass is 16.2. The Kier molecular flexibility index (Phi) is 5.30. The second-order valence-electron chi connectivity index (χ2n) is 6.00. The first-order chi connectivity index (χ1) is 12.6. The number of nitrogens with one attached hydrogen (secondary N) is 2. The van der Waals surface area contributed by atoms with E-state index in [0.29, 0.717) is 17.8 Å². The molecule has 0 aliphatic carbocycles. The molecule has 0 saturated heterocycles. The lowest BCUT2D eigenvalue weighted by Crippen LogP contribution is -2.28. The van der Waals surface area contributed by atoms with Crippen molar-refractivity contribution in [3.8, 4) is 6.07 Å². The summed E-state index contributed by atoms with van der Waals surface area (Å²) < 4.78 is 1.99. The van der Waals surface area contributed by atoms with Crippen LogP contribution in [0.1, 0.15) is 22.3 Å². The highest BCUT2D eigenvalue weighted by Gasteiger charge is 2.06. The smallest absolute Gasteiger partial charge is 0.319 e. The quantitative estimate of drug-likeness (QED) is 0.743. The monoisotopic (exact) mass is 345 g/mol. The molecule has 26 heavy (non-hydrogen) atoms. The molecule has 0 radical (unpaired) electrons. The number of carbonyl (C=O) groups is 1. The normalized spacial score (nSPS) is 10.2. The zero-order chi connectivity index (χ0) is 18.4. The number of hydrogen-bond acceptors (Lipinski definition) is 3. The summed E-state index contributed by atoms with van der Waals surface area (Å²) >= 11 is 0. The van der Waals surface area contributed by atoms with Crippen LogP contribution in [0, 0.1) is 18.3 Å². The molecule has 1 heterocycles. The fraction of sp³-hybridized carbons (Fsp3) is 0.150. The Labute approximate surface area is 152 Å². The third-order valence-corrected chi connectivity index (χ3v) is 3.98. The third-order valence-electron chi connectivity index (χ3n) is 3.98. The highest BCUT2D eigenvalue weighted by molar-refractivity contribution is 5.90. The lowest BCUT2D eigenvalue weighted by Gasteiger charge is -2.11. The second kappa shape index (κ2) is 7.99. The van der Waals surface area contributed by atoms with E-state index >= 15 is 0 Å². The first-order valence-corrected chi connectivity index (χ1v) is 8.23. The maximum Gasteiger partial charge on any atom is 0.319 e. The van der Waals surface area contributed by atoms with Gasteiger partial charge in [0.2, 0.25) is 0 Å². The number of nitrogens with zero attached hydrogens (tertiary/aromatic N) is 3. The van der Waals surface area contributed by atoms with E-state index in [-0.39, 0.29) is 6.03 Å². The predicted molar refractivity (Wildman–Crippen MR) is 99.5 cm³/mol. The van der Waals surface area contributed by atoms with Gasteiger partial charge in [0, 0.05) is 31.2 Å². The summed E-state index contributed by atoms with van der Waals surface area (Å²) in [6.07, 6.45) is 5.44. The van der Waals surface area contributed by atoms with E-state index in [1.807, 2.05) is 42.0 Å². The van der Waals surface area contributed by atoms with Gasteiger partial charge in [0.15, 0.2) is 0 Å². The first kappa shape index (κ1) is 17.2. The number of hydrogen-bond donors (Lipinski definition) is 2. The van der Waals surface area contributed by atoms with Crippen molar-refractivity contribution in [3.05, 3.63) is 83.4 Å². The Morgan fingerprint density at radius 1 is 1.23 bits per heavy atom. The van der Waals surface area contributed by atoms with Crippen LogP contribution < -0.4 is 10.6 Å². The maximum atomic E-state index is 12.2. The molecular weight excluding hydrogens is 326 g/mol. The molecule has 0 bridgehead atoms. The van der Waals surface area contributed by atoms with Crippen molar-refractivity contribution in [1.29, 1.82) is 5.26 Å². The molecule has 3 rings (SSSR count). The number of amides is 2. The third kappa shape index (κ3) is 4.48. The van der Waals surface area contributed by atoms with Gasteiger partial charge in [-0.05, 0) is 35.7 Å². The van der Waals surface area contributed by atoms with Crippen molar-refractivity contribution in [3.63, 3.8) is 0 Å². The van der Waals surface area contributed by atoms with Gasteiger partial charge in [0.1, 0.15) is 0 Å². The molecule has 1 aromatic heterocycles. The van der Waals surface area contributed by atoms with E-state index in [4.69, 9.17) is 5.26 Å².